The molecule has 3 aliphatic rings. The average molecular weight is 300 g/mol. The van der Waals surface area contributed by atoms with Gasteiger partial charge in [0.15, 0.2) is 0 Å². The van der Waals surface area contributed by atoms with Crippen molar-refractivity contribution in [3.63, 3.8) is 0 Å². The Labute approximate surface area is 122 Å². The fourth-order valence-corrected chi connectivity index (χ4v) is 4.55. The monoisotopic (exact) mass is 300 g/mol. The van der Waals surface area contributed by atoms with Crippen LogP contribution < -0.4 is 0 Å². The third-order valence-corrected chi connectivity index (χ3v) is 5.76. The lowest BCUT2D eigenvalue weighted by Gasteiger charge is -2.36. The quantitative estimate of drug-likeness (QED) is 0.788. The van der Waals surface area contributed by atoms with Gasteiger partial charge in [0, 0.05) is 18.8 Å². The first kappa shape index (κ1) is 14.0. The third-order valence-electron chi connectivity index (χ3n) is 4.30. The summed E-state index contributed by atoms with van der Waals surface area (Å²) in [7, 11) is 0. The van der Waals surface area contributed by atoms with E-state index in [0.717, 1.165) is 12.8 Å². The predicted molar refractivity (Wildman–Crippen MR) is 74.4 cm³/mol. The molecule has 2 atom stereocenters. The molecule has 112 valence electrons. The van der Waals surface area contributed by atoms with Crippen LogP contribution in [0.2, 0.25) is 0 Å². The van der Waals surface area contributed by atoms with Crippen LogP contribution in [0, 0.1) is 5.92 Å². The van der Waals surface area contributed by atoms with Crippen LogP contribution in [-0.4, -0.2) is 68.4 Å². The zero-order valence-corrected chi connectivity index (χ0v) is 12.1. The van der Waals surface area contributed by atoms with Crippen LogP contribution in [0.15, 0.2) is 0 Å². The summed E-state index contributed by atoms with van der Waals surface area (Å²) in [6.45, 7) is 1.04. The lowest BCUT2D eigenvalue weighted by atomic mass is 10.1. The topological polar surface area (TPSA) is 81.1 Å². The van der Waals surface area contributed by atoms with E-state index in [1.807, 2.05) is 0 Å². The average Bonchev–Trinajstić information content (AvgIpc) is 3.17. The first-order valence-electron chi connectivity index (χ1n) is 7.17. The molecule has 0 spiro atoms. The maximum atomic E-state index is 12.7. The van der Waals surface area contributed by atoms with E-state index < -0.39 is 12.0 Å². The predicted octanol–water partition coefficient (Wildman–Crippen LogP) is 0.801. The van der Waals surface area contributed by atoms with Crippen LogP contribution in [0.5, 0.6) is 0 Å². The lowest BCUT2D eigenvalue weighted by Crippen LogP contribution is -2.54. The molecule has 0 aromatic rings. The van der Waals surface area contributed by atoms with E-state index in [-0.39, 0.29) is 17.5 Å². The van der Waals surface area contributed by atoms with Crippen molar-refractivity contribution in [2.45, 2.75) is 43.2 Å². The van der Waals surface area contributed by atoms with E-state index in [9.17, 15) is 19.8 Å². The summed E-state index contributed by atoms with van der Waals surface area (Å²) < 4.78 is 0. The minimum atomic E-state index is -0.911. The number of piperidine rings is 1. The lowest BCUT2D eigenvalue weighted by molar-refractivity contribution is -0.141. The van der Waals surface area contributed by atoms with Gasteiger partial charge in [0.05, 0.1) is 11.5 Å². The van der Waals surface area contributed by atoms with Crippen molar-refractivity contribution in [1.29, 1.82) is 0 Å². The highest BCUT2D eigenvalue weighted by Crippen LogP contribution is 2.45. The summed E-state index contributed by atoms with van der Waals surface area (Å²) >= 11 is 1.60. The van der Waals surface area contributed by atoms with E-state index >= 15 is 0 Å². The Morgan fingerprint density at radius 2 is 1.75 bits per heavy atom. The molecule has 0 bridgehead atoms. The van der Waals surface area contributed by atoms with E-state index in [1.165, 1.54) is 0 Å². The fraction of sp³-hybridized carbons (Fsp3) is 0.846. The summed E-state index contributed by atoms with van der Waals surface area (Å²) in [6.07, 6.45) is 3.01. The molecule has 3 fully saturated rings. The maximum absolute atomic E-state index is 12.7. The fourth-order valence-electron chi connectivity index (χ4n) is 2.93. The standard InChI is InChI=1S/C13H20N2O4S/c16-9-3-5-14(6-4-9)13(19)15-10(12(17)18)7-20-11(15)8-1-2-8/h8-11,16H,1-7H2,(H,17,18). The number of aliphatic carboxylic acids is 1. The third kappa shape index (κ3) is 2.61. The van der Waals surface area contributed by atoms with Gasteiger partial charge in [0.2, 0.25) is 0 Å². The number of hydrogen-bond acceptors (Lipinski definition) is 4. The molecule has 2 aliphatic heterocycles. The van der Waals surface area contributed by atoms with Gasteiger partial charge < -0.3 is 15.1 Å². The van der Waals surface area contributed by atoms with E-state index in [1.54, 1.807) is 21.6 Å². The highest BCUT2D eigenvalue weighted by molar-refractivity contribution is 8.00. The van der Waals surface area contributed by atoms with Crippen LogP contribution in [0.3, 0.4) is 0 Å². The number of carbonyl (C=O) groups is 2. The first-order chi connectivity index (χ1) is 9.58. The van der Waals surface area contributed by atoms with Crippen LogP contribution in [0.25, 0.3) is 0 Å². The highest BCUT2D eigenvalue weighted by Gasteiger charge is 2.49. The van der Waals surface area contributed by atoms with Gasteiger partial charge in [-0.15, -0.1) is 11.8 Å². The summed E-state index contributed by atoms with van der Waals surface area (Å²) in [4.78, 5) is 27.3. The van der Waals surface area contributed by atoms with E-state index in [2.05, 4.69) is 0 Å². The molecule has 2 amide bonds. The first-order valence-corrected chi connectivity index (χ1v) is 8.22. The minimum absolute atomic E-state index is 0.0236. The van der Waals surface area contributed by atoms with Crippen molar-refractivity contribution in [2.24, 2.45) is 5.92 Å². The number of rotatable bonds is 2. The molecular weight excluding hydrogens is 280 g/mol. The van der Waals surface area contributed by atoms with Gasteiger partial charge in [-0.05, 0) is 31.6 Å². The molecule has 3 rings (SSSR count). The van der Waals surface area contributed by atoms with Crippen molar-refractivity contribution in [3.8, 4) is 0 Å². The SMILES string of the molecule is O=C(O)C1CSC(C2CC2)N1C(=O)N1CCC(O)CC1. The molecule has 0 aromatic heterocycles. The smallest absolute Gasteiger partial charge is 0.327 e. The van der Waals surface area contributed by atoms with Crippen molar-refractivity contribution in [2.75, 3.05) is 18.8 Å². The number of carbonyl (C=O) groups excluding carboxylic acids is 1. The van der Waals surface area contributed by atoms with Gasteiger partial charge in [-0.3, -0.25) is 4.90 Å². The second-order valence-corrected chi connectivity index (χ2v) is 6.97. The number of likely N-dealkylation sites (tertiary alicyclic amines) is 1. The number of urea groups is 1. The Bertz CT molecular complexity index is 407. The van der Waals surface area contributed by atoms with Crippen molar-refractivity contribution >= 4 is 23.8 Å². The molecule has 1 aliphatic carbocycles. The second-order valence-electron chi connectivity index (χ2n) is 5.82. The Balaban J connectivity index is 1.73. The number of hydrogen-bond donors (Lipinski definition) is 2. The molecule has 6 nitrogen and oxygen atoms in total. The Morgan fingerprint density at radius 3 is 2.30 bits per heavy atom. The highest BCUT2D eigenvalue weighted by atomic mass is 32.2. The number of carboxylic acids is 1. The number of nitrogens with zero attached hydrogens (tertiary/aromatic N) is 2. The zero-order valence-electron chi connectivity index (χ0n) is 11.3. The molecule has 0 radical (unpaired) electrons. The number of aliphatic hydroxyl groups excluding tert-OH is 1. The summed E-state index contributed by atoms with van der Waals surface area (Å²) in [5.41, 5.74) is 0. The number of amides is 2. The molecule has 2 unspecified atom stereocenters. The van der Waals surface area contributed by atoms with Crippen LogP contribution in [-0.2, 0) is 4.79 Å². The largest absolute Gasteiger partial charge is 0.480 e. The molecule has 1 saturated carbocycles. The van der Waals surface area contributed by atoms with Gasteiger partial charge in [0.1, 0.15) is 6.04 Å². The second kappa shape index (κ2) is 5.44. The van der Waals surface area contributed by atoms with Gasteiger partial charge in [-0.1, -0.05) is 0 Å². The maximum Gasteiger partial charge on any atom is 0.327 e. The summed E-state index contributed by atoms with van der Waals surface area (Å²) in [5.74, 6) is 0.0355. The molecule has 0 aromatic carbocycles. The van der Waals surface area contributed by atoms with Crippen LogP contribution in [0.1, 0.15) is 25.7 Å². The molecular formula is C13H20N2O4S. The van der Waals surface area contributed by atoms with Crippen molar-refractivity contribution in [3.05, 3.63) is 0 Å². The van der Waals surface area contributed by atoms with E-state index in [4.69, 9.17) is 0 Å². The minimum Gasteiger partial charge on any atom is -0.480 e. The molecule has 2 N–H and O–H groups in total. The number of carboxylic acid groups (broad SMARTS) is 1. The Morgan fingerprint density at radius 1 is 1.10 bits per heavy atom. The Kier molecular flexibility index (Phi) is 3.81. The van der Waals surface area contributed by atoms with Crippen LogP contribution >= 0.6 is 11.8 Å². The zero-order chi connectivity index (χ0) is 14.3. The van der Waals surface area contributed by atoms with E-state index in [0.29, 0.717) is 37.6 Å². The van der Waals surface area contributed by atoms with Gasteiger partial charge >= 0.3 is 12.0 Å². The molecule has 2 heterocycles. The van der Waals surface area contributed by atoms with Crippen molar-refractivity contribution < 1.29 is 19.8 Å². The van der Waals surface area contributed by atoms with Crippen LogP contribution in [0.4, 0.5) is 4.79 Å². The van der Waals surface area contributed by atoms with Gasteiger partial charge in [0.25, 0.3) is 0 Å². The molecule has 7 heteroatoms. The van der Waals surface area contributed by atoms with Gasteiger partial charge in [-0.25, -0.2) is 9.59 Å². The normalized spacial score (nSPS) is 31.6. The Hall–Kier alpha value is -0.950. The van der Waals surface area contributed by atoms with Crippen molar-refractivity contribution in [1.82, 2.24) is 9.80 Å². The summed E-state index contributed by atoms with van der Waals surface area (Å²) in [6, 6.07) is -0.865. The molecule has 20 heavy (non-hydrogen) atoms. The van der Waals surface area contributed by atoms with Gasteiger partial charge in [-0.2, -0.15) is 0 Å². The number of thioether (sulfide) groups is 1. The summed E-state index contributed by atoms with van der Waals surface area (Å²) in [5, 5.41) is 18.9. The number of aliphatic hydroxyl groups is 1. The molecule has 2 saturated heterocycles.